The molecule has 0 aromatic carbocycles. The quantitative estimate of drug-likeness (QED) is 0.846. The van der Waals surface area contributed by atoms with Crippen LogP contribution in [0.15, 0.2) is 12.5 Å². The maximum absolute atomic E-state index is 4.37. The Bertz CT molecular complexity index is 370. The summed E-state index contributed by atoms with van der Waals surface area (Å²) in [4.78, 5) is 4.37. The SMILES string of the molecule is CCC1CCCC(n2cncc2CNCC(C)C)C1. The van der Waals surface area contributed by atoms with E-state index in [1.165, 1.54) is 37.8 Å². The van der Waals surface area contributed by atoms with Crippen LogP contribution in [0, 0.1) is 11.8 Å². The van der Waals surface area contributed by atoms with Crippen LogP contribution in [0.2, 0.25) is 0 Å². The zero-order valence-electron chi connectivity index (χ0n) is 12.7. The highest BCUT2D eigenvalue weighted by Crippen LogP contribution is 2.34. The highest BCUT2D eigenvalue weighted by molar-refractivity contribution is 5.01. The molecule has 1 aromatic heterocycles. The molecule has 0 bridgehead atoms. The first-order chi connectivity index (χ1) is 9.20. The third kappa shape index (κ3) is 4.07. The molecule has 108 valence electrons. The summed E-state index contributed by atoms with van der Waals surface area (Å²) in [6, 6.07) is 0.678. The van der Waals surface area contributed by atoms with Gasteiger partial charge >= 0.3 is 0 Å². The lowest BCUT2D eigenvalue weighted by Gasteiger charge is -2.30. The summed E-state index contributed by atoms with van der Waals surface area (Å²) in [6.45, 7) is 8.85. The van der Waals surface area contributed by atoms with Crippen LogP contribution < -0.4 is 5.32 Å². The molecular weight excluding hydrogens is 234 g/mol. The maximum atomic E-state index is 4.37. The summed E-state index contributed by atoms with van der Waals surface area (Å²) in [6.07, 6.45) is 10.8. The molecule has 0 spiro atoms. The molecule has 19 heavy (non-hydrogen) atoms. The zero-order valence-corrected chi connectivity index (χ0v) is 12.7. The Morgan fingerprint density at radius 3 is 3.00 bits per heavy atom. The first-order valence-corrected chi connectivity index (χ1v) is 7.92. The van der Waals surface area contributed by atoms with Crippen LogP contribution in [-0.4, -0.2) is 16.1 Å². The Hall–Kier alpha value is -0.830. The molecule has 1 aliphatic rings. The second-order valence-corrected chi connectivity index (χ2v) is 6.41. The van der Waals surface area contributed by atoms with E-state index in [2.05, 4.69) is 35.6 Å². The Labute approximate surface area is 117 Å². The lowest BCUT2D eigenvalue weighted by Crippen LogP contribution is -2.24. The van der Waals surface area contributed by atoms with E-state index in [1.54, 1.807) is 0 Å². The van der Waals surface area contributed by atoms with E-state index < -0.39 is 0 Å². The van der Waals surface area contributed by atoms with Gasteiger partial charge in [-0.2, -0.15) is 0 Å². The molecule has 1 fully saturated rings. The van der Waals surface area contributed by atoms with E-state index in [1.807, 2.05) is 12.5 Å². The normalized spacial score (nSPS) is 24.0. The lowest BCUT2D eigenvalue weighted by atomic mass is 9.84. The minimum Gasteiger partial charge on any atom is -0.330 e. The van der Waals surface area contributed by atoms with Crippen molar-refractivity contribution in [2.75, 3.05) is 6.54 Å². The molecule has 0 amide bonds. The van der Waals surface area contributed by atoms with Gasteiger partial charge in [0.05, 0.1) is 12.0 Å². The van der Waals surface area contributed by atoms with E-state index in [4.69, 9.17) is 0 Å². The Morgan fingerprint density at radius 2 is 2.26 bits per heavy atom. The highest BCUT2D eigenvalue weighted by Gasteiger charge is 2.23. The summed E-state index contributed by atoms with van der Waals surface area (Å²) in [5.74, 6) is 1.62. The van der Waals surface area contributed by atoms with Crippen molar-refractivity contribution in [1.82, 2.24) is 14.9 Å². The predicted octanol–water partition coefficient (Wildman–Crippen LogP) is 3.77. The van der Waals surface area contributed by atoms with Gasteiger partial charge in [0, 0.05) is 18.8 Å². The number of hydrogen-bond donors (Lipinski definition) is 1. The van der Waals surface area contributed by atoms with Gasteiger partial charge in [-0.25, -0.2) is 4.98 Å². The van der Waals surface area contributed by atoms with Gasteiger partial charge in [0.15, 0.2) is 0 Å². The second-order valence-electron chi connectivity index (χ2n) is 6.41. The van der Waals surface area contributed by atoms with Crippen LogP contribution >= 0.6 is 0 Å². The molecule has 1 aliphatic carbocycles. The van der Waals surface area contributed by atoms with Gasteiger partial charge in [-0.1, -0.05) is 40.0 Å². The minimum atomic E-state index is 0.678. The third-order valence-corrected chi connectivity index (χ3v) is 4.33. The van der Waals surface area contributed by atoms with Crippen molar-refractivity contribution in [3.05, 3.63) is 18.2 Å². The zero-order chi connectivity index (χ0) is 13.7. The smallest absolute Gasteiger partial charge is 0.0951 e. The fraction of sp³-hybridized carbons (Fsp3) is 0.812. The van der Waals surface area contributed by atoms with Crippen molar-refractivity contribution in [1.29, 1.82) is 0 Å². The Kier molecular flexibility index (Phi) is 5.44. The predicted molar refractivity (Wildman–Crippen MR) is 80.1 cm³/mol. The molecular formula is C16H29N3. The molecule has 0 radical (unpaired) electrons. The van der Waals surface area contributed by atoms with Crippen LogP contribution in [0.5, 0.6) is 0 Å². The lowest BCUT2D eigenvalue weighted by molar-refractivity contribution is 0.257. The molecule has 1 saturated carbocycles. The number of imidazole rings is 1. The van der Waals surface area contributed by atoms with Gasteiger partial charge in [-0.3, -0.25) is 0 Å². The van der Waals surface area contributed by atoms with Gasteiger partial charge in [-0.15, -0.1) is 0 Å². The van der Waals surface area contributed by atoms with Crippen molar-refractivity contribution in [2.45, 2.75) is 65.5 Å². The molecule has 2 rings (SSSR count). The summed E-state index contributed by atoms with van der Waals surface area (Å²) < 4.78 is 2.43. The Morgan fingerprint density at radius 1 is 1.42 bits per heavy atom. The van der Waals surface area contributed by atoms with E-state index in [0.717, 1.165) is 19.0 Å². The summed E-state index contributed by atoms with van der Waals surface area (Å²) in [5, 5.41) is 3.53. The number of nitrogens with one attached hydrogen (secondary N) is 1. The maximum Gasteiger partial charge on any atom is 0.0951 e. The van der Waals surface area contributed by atoms with Crippen LogP contribution in [0.4, 0.5) is 0 Å². The van der Waals surface area contributed by atoms with Gasteiger partial charge in [0.1, 0.15) is 0 Å². The molecule has 3 heteroatoms. The molecule has 2 unspecified atom stereocenters. The number of nitrogens with zero attached hydrogens (tertiary/aromatic N) is 2. The van der Waals surface area contributed by atoms with Crippen molar-refractivity contribution in [3.63, 3.8) is 0 Å². The van der Waals surface area contributed by atoms with Crippen LogP contribution in [0.3, 0.4) is 0 Å². The van der Waals surface area contributed by atoms with Crippen molar-refractivity contribution >= 4 is 0 Å². The largest absolute Gasteiger partial charge is 0.330 e. The van der Waals surface area contributed by atoms with Gasteiger partial charge in [0.25, 0.3) is 0 Å². The average Bonchev–Trinajstić information content (AvgIpc) is 2.87. The van der Waals surface area contributed by atoms with E-state index >= 15 is 0 Å². The minimum absolute atomic E-state index is 0.678. The van der Waals surface area contributed by atoms with Crippen LogP contribution in [0.1, 0.15) is 64.6 Å². The van der Waals surface area contributed by atoms with Crippen molar-refractivity contribution < 1.29 is 0 Å². The Balaban J connectivity index is 1.94. The average molecular weight is 263 g/mol. The van der Waals surface area contributed by atoms with E-state index in [0.29, 0.717) is 12.0 Å². The molecule has 2 atom stereocenters. The molecule has 0 aliphatic heterocycles. The number of hydrogen-bond acceptors (Lipinski definition) is 2. The van der Waals surface area contributed by atoms with Crippen LogP contribution in [-0.2, 0) is 6.54 Å². The summed E-state index contributed by atoms with van der Waals surface area (Å²) in [7, 11) is 0. The number of rotatable bonds is 6. The number of aromatic nitrogens is 2. The molecule has 3 nitrogen and oxygen atoms in total. The van der Waals surface area contributed by atoms with Gasteiger partial charge in [0.2, 0.25) is 0 Å². The fourth-order valence-corrected chi connectivity index (χ4v) is 3.17. The standard InChI is InChI=1S/C16H29N3/c1-4-14-6-5-7-15(8-14)19-12-18-11-16(19)10-17-9-13(2)3/h11-15,17H,4-10H2,1-3H3. The summed E-state index contributed by atoms with van der Waals surface area (Å²) >= 11 is 0. The molecule has 1 aromatic rings. The third-order valence-electron chi connectivity index (χ3n) is 4.33. The fourth-order valence-electron chi connectivity index (χ4n) is 3.17. The molecule has 1 N–H and O–H groups in total. The highest BCUT2D eigenvalue weighted by atomic mass is 15.1. The van der Waals surface area contributed by atoms with E-state index in [9.17, 15) is 0 Å². The van der Waals surface area contributed by atoms with Gasteiger partial charge < -0.3 is 9.88 Å². The van der Waals surface area contributed by atoms with Gasteiger partial charge in [-0.05, 0) is 31.2 Å². The monoisotopic (exact) mass is 263 g/mol. The summed E-state index contributed by atoms with van der Waals surface area (Å²) in [5.41, 5.74) is 1.35. The first-order valence-electron chi connectivity index (χ1n) is 7.92. The molecule has 0 saturated heterocycles. The first kappa shape index (κ1) is 14.6. The van der Waals surface area contributed by atoms with Crippen molar-refractivity contribution in [2.24, 2.45) is 11.8 Å². The second kappa shape index (κ2) is 7.09. The van der Waals surface area contributed by atoms with Crippen molar-refractivity contribution in [3.8, 4) is 0 Å². The van der Waals surface area contributed by atoms with E-state index in [-0.39, 0.29) is 0 Å². The molecule has 1 heterocycles. The van der Waals surface area contributed by atoms with Crippen LogP contribution in [0.25, 0.3) is 0 Å². The topological polar surface area (TPSA) is 29.9 Å².